The molecule has 0 heterocycles. The van der Waals surface area contributed by atoms with Gasteiger partial charge in [0.25, 0.3) is 5.91 Å². The van der Waals surface area contributed by atoms with Crippen LogP contribution in [0.15, 0.2) is 71.8 Å². The van der Waals surface area contributed by atoms with Gasteiger partial charge in [0.15, 0.2) is 29.1 Å². The number of rotatable bonds is 12. The van der Waals surface area contributed by atoms with Crippen LogP contribution in [0.5, 0.6) is 5.75 Å². The van der Waals surface area contributed by atoms with Gasteiger partial charge in [-0.25, -0.2) is 17.6 Å². The normalized spacial score (nSPS) is 17.0. The van der Waals surface area contributed by atoms with Gasteiger partial charge in [-0.2, -0.15) is 0 Å². The van der Waals surface area contributed by atoms with Crippen molar-refractivity contribution in [3.63, 3.8) is 0 Å². The Morgan fingerprint density at radius 1 is 0.814 bits per heavy atom. The number of hydrogen-bond donors (Lipinski definition) is 2. The number of ketones is 1. The van der Waals surface area contributed by atoms with Gasteiger partial charge in [0, 0.05) is 43.0 Å². The van der Waals surface area contributed by atoms with Gasteiger partial charge in [-0.1, -0.05) is 12.1 Å². The highest BCUT2D eigenvalue weighted by atomic mass is 19.2. The summed E-state index contributed by atoms with van der Waals surface area (Å²) in [5.41, 5.74) is 1.40. The quantitative estimate of drug-likeness (QED) is 0.155. The van der Waals surface area contributed by atoms with Gasteiger partial charge in [-0.15, -0.1) is 0 Å². The molecule has 1 aliphatic carbocycles. The first-order chi connectivity index (χ1) is 20.7. The number of halogens is 4. The molecule has 1 fully saturated rings. The van der Waals surface area contributed by atoms with Crippen molar-refractivity contribution in [2.24, 2.45) is 0 Å². The summed E-state index contributed by atoms with van der Waals surface area (Å²) in [4.78, 5) is 26.4. The van der Waals surface area contributed by atoms with Crippen LogP contribution in [0.3, 0.4) is 0 Å². The van der Waals surface area contributed by atoms with Crippen molar-refractivity contribution in [2.75, 3.05) is 33.4 Å². The topological polar surface area (TPSA) is 76.7 Å². The van der Waals surface area contributed by atoms with E-state index in [1.165, 1.54) is 24.3 Å². The summed E-state index contributed by atoms with van der Waals surface area (Å²) in [5.74, 6) is -4.34. The summed E-state index contributed by atoms with van der Waals surface area (Å²) in [7, 11) is 1.66. The van der Waals surface area contributed by atoms with Crippen molar-refractivity contribution < 1.29 is 36.6 Å². The SMILES string of the molecule is COCCCNCCOc1ccc(C(=O)NC2C/C(=C\c3ccc(F)c(F)c3)C(=O)/C(=C/c3ccc(F)c(F)c3)C2)cc1. The van der Waals surface area contributed by atoms with E-state index in [2.05, 4.69) is 10.6 Å². The third-order valence-electron chi connectivity index (χ3n) is 6.79. The fourth-order valence-corrected chi connectivity index (χ4v) is 4.63. The lowest BCUT2D eigenvalue weighted by Crippen LogP contribution is -2.39. The molecule has 3 aromatic carbocycles. The fraction of sp³-hybridized carbons (Fsp3) is 0.273. The van der Waals surface area contributed by atoms with Crippen LogP contribution in [-0.4, -0.2) is 51.1 Å². The highest BCUT2D eigenvalue weighted by molar-refractivity contribution is 6.14. The molecule has 10 heteroatoms. The van der Waals surface area contributed by atoms with Crippen LogP contribution in [0.1, 0.15) is 40.7 Å². The molecule has 1 amide bonds. The van der Waals surface area contributed by atoms with Crippen LogP contribution in [0, 0.1) is 23.3 Å². The Morgan fingerprint density at radius 3 is 1.93 bits per heavy atom. The van der Waals surface area contributed by atoms with E-state index in [1.54, 1.807) is 31.4 Å². The molecular formula is C33H32F4N2O4. The number of benzene rings is 3. The maximum absolute atomic E-state index is 13.8. The molecule has 226 valence electrons. The molecule has 0 bridgehead atoms. The van der Waals surface area contributed by atoms with Crippen LogP contribution >= 0.6 is 0 Å². The molecule has 1 saturated carbocycles. The lowest BCUT2D eigenvalue weighted by atomic mass is 9.83. The van der Waals surface area contributed by atoms with E-state index in [1.807, 2.05) is 0 Å². The number of nitrogens with one attached hydrogen (secondary N) is 2. The first kappa shape index (κ1) is 31.7. The van der Waals surface area contributed by atoms with Gasteiger partial charge in [-0.3, -0.25) is 9.59 Å². The predicted molar refractivity (Wildman–Crippen MR) is 155 cm³/mol. The van der Waals surface area contributed by atoms with Gasteiger partial charge < -0.3 is 20.1 Å². The lowest BCUT2D eigenvalue weighted by molar-refractivity contribution is -0.113. The molecule has 3 aromatic rings. The fourth-order valence-electron chi connectivity index (χ4n) is 4.63. The average Bonchev–Trinajstić information content (AvgIpc) is 2.99. The highest BCUT2D eigenvalue weighted by Gasteiger charge is 2.29. The number of carbonyl (C=O) groups excluding carboxylic acids is 2. The van der Waals surface area contributed by atoms with Crippen molar-refractivity contribution in [1.82, 2.24) is 10.6 Å². The minimum absolute atomic E-state index is 0.122. The van der Waals surface area contributed by atoms with Gasteiger partial charge in [0.2, 0.25) is 0 Å². The van der Waals surface area contributed by atoms with Crippen molar-refractivity contribution in [1.29, 1.82) is 0 Å². The maximum Gasteiger partial charge on any atom is 0.251 e. The smallest absolute Gasteiger partial charge is 0.251 e. The Bertz CT molecular complexity index is 1430. The number of carbonyl (C=O) groups is 2. The van der Waals surface area contributed by atoms with E-state index in [0.29, 0.717) is 31.1 Å². The summed E-state index contributed by atoms with van der Waals surface area (Å²) in [5, 5.41) is 6.17. The third-order valence-corrected chi connectivity index (χ3v) is 6.79. The third kappa shape index (κ3) is 9.10. The summed E-state index contributed by atoms with van der Waals surface area (Å²) in [6.45, 7) is 2.62. The molecule has 4 rings (SSSR count). The molecule has 0 radical (unpaired) electrons. The zero-order valence-corrected chi connectivity index (χ0v) is 23.6. The van der Waals surface area contributed by atoms with Crippen molar-refractivity contribution in [2.45, 2.75) is 25.3 Å². The Labute approximate surface area is 247 Å². The molecule has 1 aliphatic rings. The molecule has 2 N–H and O–H groups in total. The second-order valence-electron chi connectivity index (χ2n) is 10.1. The Morgan fingerprint density at radius 2 is 1.40 bits per heavy atom. The number of amides is 1. The lowest BCUT2D eigenvalue weighted by Gasteiger charge is -2.27. The van der Waals surface area contributed by atoms with Crippen molar-refractivity contribution in [3.8, 4) is 5.75 Å². The zero-order chi connectivity index (χ0) is 30.8. The Hall–Kier alpha value is -4.28. The van der Waals surface area contributed by atoms with Crippen LogP contribution in [-0.2, 0) is 9.53 Å². The minimum Gasteiger partial charge on any atom is -0.492 e. The zero-order valence-electron chi connectivity index (χ0n) is 23.6. The molecule has 43 heavy (non-hydrogen) atoms. The molecule has 6 nitrogen and oxygen atoms in total. The van der Waals surface area contributed by atoms with Crippen LogP contribution in [0.2, 0.25) is 0 Å². The number of hydrogen-bond acceptors (Lipinski definition) is 5. The first-order valence-corrected chi connectivity index (χ1v) is 13.8. The first-order valence-electron chi connectivity index (χ1n) is 13.8. The van der Waals surface area contributed by atoms with Crippen LogP contribution in [0.25, 0.3) is 12.2 Å². The summed E-state index contributed by atoms with van der Waals surface area (Å²) < 4.78 is 65.3. The second-order valence-corrected chi connectivity index (χ2v) is 10.1. The van der Waals surface area contributed by atoms with Gasteiger partial charge in [-0.05, 0) is 97.6 Å². The number of ether oxygens (including phenoxy) is 2. The molecule has 0 spiro atoms. The maximum atomic E-state index is 13.8. The summed E-state index contributed by atoms with van der Waals surface area (Å²) in [6.07, 6.45) is 4.01. The summed E-state index contributed by atoms with van der Waals surface area (Å²) >= 11 is 0. The predicted octanol–water partition coefficient (Wildman–Crippen LogP) is 5.88. The van der Waals surface area contributed by atoms with Crippen molar-refractivity contribution >= 4 is 23.8 Å². The molecule has 0 unspecified atom stereocenters. The summed E-state index contributed by atoms with van der Waals surface area (Å²) in [6, 6.07) is 12.6. The largest absolute Gasteiger partial charge is 0.492 e. The molecule has 0 atom stereocenters. The van der Waals surface area contributed by atoms with E-state index in [-0.39, 0.29) is 41.0 Å². The van der Waals surface area contributed by atoms with Crippen molar-refractivity contribution in [3.05, 3.63) is 112 Å². The van der Waals surface area contributed by atoms with E-state index in [9.17, 15) is 27.2 Å². The molecule has 0 aliphatic heterocycles. The molecular weight excluding hydrogens is 564 g/mol. The van der Waals surface area contributed by atoms with Gasteiger partial charge in [0.05, 0.1) is 0 Å². The van der Waals surface area contributed by atoms with E-state index in [4.69, 9.17) is 9.47 Å². The second kappa shape index (κ2) is 15.3. The highest BCUT2D eigenvalue weighted by Crippen LogP contribution is 2.29. The average molecular weight is 597 g/mol. The Kier molecular flexibility index (Phi) is 11.2. The number of methoxy groups -OCH3 is 1. The minimum atomic E-state index is -1.06. The van der Waals surface area contributed by atoms with Crippen LogP contribution < -0.4 is 15.4 Å². The number of Topliss-reactive ketones (excluding diaryl/α,β-unsaturated/α-hetero) is 1. The van der Waals surface area contributed by atoms with Crippen LogP contribution in [0.4, 0.5) is 17.6 Å². The van der Waals surface area contributed by atoms with E-state index >= 15 is 0 Å². The monoisotopic (exact) mass is 596 g/mol. The Balaban J connectivity index is 1.47. The van der Waals surface area contributed by atoms with Gasteiger partial charge in [0.1, 0.15) is 12.4 Å². The molecule has 0 saturated heterocycles. The van der Waals surface area contributed by atoms with Gasteiger partial charge >= 0.3 is 0 Å². The van der Waals surface area contributed by atoms with E-state index in [0.717, 1.165) is 37.2 Å². The standard InChI is InChI=1S/C33H32F4N2O4/c1-42-13-2-11-38-12-14-43-27-7-5-23(6-8-27)33(41)39-26-19-24(15-21-3-9-28(34)30(36)17-21)32(40)25(20-26)16-22-4-10-29(35)31(37)18-22/h3-10,15-18,26,38H,2,11-14,19-20H2,1H3,(H,39,41)/b24-15+,25-16+. The molecule has 0 aromatic heterocycles. The van der Waals surface area contributed by atoms with E-state index < -0.39 is 35.1 Å².